The SMILES string of the molecule is Cc1cccc(N2CCN(CCC(C)NC(=O)CCOCC3CCCO3)CC2)c1. The number of piperazine rings is 1. The zero-order chi connectivity index (χ0) is 20.5. The van der Waals surface area contributed by atoms with Crippen molar-refractivity contribution in [1.82, 2.24) is 10.2 Å². The number of rotatable bonds is 10. The number of hydrogen-bond acceptors (Lipinski definition) is 5. The Labute approximate surface area is 175 Å². The lowest BCUT2D eigenvalue weighted by molar-refractivity contribution is -0.123. The molecule has 1 aromatic carbocycles. The molecule has 0 saturated carbocycles. The van der Waals surface area contributed by atoms with E-state index in [1.165, 1.54) is 11.3 Å². The van der Waals surface area contributed by atoms with E-state index in [-0.39, 0.29) is 18.1 Å². The molecule has 2 heterocycles. The quantitative estimate of drug-likeness (QED) is 0.609. The van der Waals surface area contributed by atoms with Gasteiger partial charge in [-0.15, -0.1) is 0 Å². The smallest absolute Gasteiger partial charge is 0.222 e. The third-order valence-corrected chi connectivity index (χ3v) is 5.83. The van der Waals surface area contributed by atoms with E-state index in [1.54, 1.807) is 0 Å². The van der Waals surface area contributed by atoms with E-state index >= 15 is 0 Å². The molecule has 1 N–H and O–H groups in total. The van der Waals surface area contributed by atoms with Crippen LogP contribution < -0.4 is 10.2 Å². The highest BCUT2D eigenvalue weighted by atomic mass is 16.5. The summed E-state index contributed by atoms with van der Waals surface area (Å²) in [6.45, 7) is 11.5. The normalized spacial score (nSPS) is 21.3. The van der Waals surface area contributed by atoms with Gasteiger partial charge in [0.15, 0.2) is 0 Å². The van der Waals surface area contributed by atoms with E-state index in [0.717, 1.165) is 58.6 Å². The zero-order valence-electron chi connectivity index (χ0n) is 18.1. The van der Waals surface area contributed by atoms with Crippen LogP contribution in [0, 0.1) is 6.92 Å². The van der Waals surface area contributed by atoms with Gasteiger partial charge in [0.25, 0.3) is 0 Å². The first-order valence-corrected chi connectivity index (χ1v) is 11.1. The van der Waals surface area contributed by atoms with E-state index in [9.17, 15) is 4.79 Å². The minimum Gasteiger partial charge on any atom is -0.378 e. The van der Waals surface area contributed by atoms with Crippen molar-refractivity contribution < 1.29 is 14.3 Å². The number of anilines is 1. The van der Waals surface area contributed by atoms with Gasteiger partial charge in [-0.3, -0.25) is 9.69 Å². The first kappa shape index (κ1) is 22.1. The summed E-state index contributed by atoms with van der Waals surface area (Å²) in [6, 6.07) is 8.93. The predicted molar refractivity (Wildman–Crippen MR) is 116 cm³/mol. The lowest BCUT2D eigenvalue weighted by Gasteiger charge is -2.36. The monoisotopic (exact) mass is 403 g/mol. The number of benzene rings is 1. The van der Waals surface area contributed by atoms with Crippen LogP contribution in [0.4, 0.5) is 5.69 Å². The molecule has 6 heteroatoms. The topological polar surface area (TPSA) is 54.0 Å². The van der Waals surface area contributed by atoms with Gasteiger partial charge in [0.1, 0.15) is 0 Å². The lowest BCUT2D eigenvalue weighted by atomic mass is 10.1. The average molecular weight is 404 g/mol. The molecule has 2 aliphatic rings. The number of nitrogens with zero attached hydrogens (tertiary/aromatic N) is 2. The molecule has 2 saturated heterocycles. The lowest BCUT2D eigenvalue weighted by Crippen LogP contribution is -2.47. The molecule has 2 fully saturated rings. The molecule has 6 nitrogen and oxygen atoms in total. The predicted octanol–water partition coefficient (Wildman–Crippen LogP) is 2.60. The molecule has 0 radical (unpaired) electrons. The second kappa shape index (κ2) is 11.5. The van der Waals surface area contributed by atoms with E-state index in [0.29, 0.717) is 19.6 Å². The molecular weight excluding hydrogens is 366 g/mol. The van der Waals surface area contributed by atoms with Gasteiger partial charge in [-0.1, -0.05) is 12.1 Å². The molecule has 3 rings (SSSR count). The Morgan fingerprint density at radius 3 is 2.86 bits per heavy atom. The Bertz CT molecular complexity index is 626. The molecule has 0 spiro atoms. The van der Waals surface area contributed by atoms with E-state index in [4.69, 9.17) is 9.47 Å². The van der Waals surface area contributed by atoms with Crippen molar-refractivity contribution in [3.63, 3.8) is 0 Å². The van der Waals surface area contributed by atoms with Gasteiger partial charge in [0.2, 0.25) is 5.91 Å². The third-order valence-electron chi connectivity index (χ3n) is 5.83. The van der Waals surface area contributed by atoms with Crippen LogP contribution in [0.25, 0.3) is 0 Å². The molecule has 0 aromatic heterocycles. The Morgan fingerprint density at radius 2 is 2.14 bits per heavy atom. The Balaban J connectivity index is 1.25. The van der Waals surface area contributed by atoms with Crippen LogP contribution in [0.5, 0.6) is 0 Å². The highest BCUT2D eigenvalue weighted by molar-refractivity contribution is 5.76. The van der Waals surface area contributed by atoms with E-state index in [1.807, 2.05) is 0 Å². The number of amides is 1. The summed E-state index contributed by atoms with van der Waals surface area (Å²) in [4.78, 5) is 17.0. The Kier molecular flexibility index (Phi) is 8.77. The molecule has 162 valence electrons. The first-order chi connectivity index (χ1) is 14.1. The maximum absolute atomic E-state index is 12.1. The average Bonchev–Trinajstić information content (AvgIpc) is 3.24. The molecule has 1 aromatic rings. The van der Waals surface area contributed by atoms with E-state index < -0.39 is 0 Å². The largest absolute Gasteiger partial charge is 0.378 e. The van der Waals surface area contributed by atoms with Crippen LogP contribution in [0.3, 0.4) is 0 Å². The standard InChI is InChI=1S/C23H37N3O3/c1-19-5-3-6-21(17-19)26-13-11-25(12-14-26)10-8-20(2)24-23(27)9-16-28-18-22-7-4-15-29-22/h3,5-6,17,20,22H,4,7-16,18H2,1-2H3,(H,24,27). The number of carbonyl (C=O) groups is 1. The second-order valence-corrected chi connectivity index (χ2v) is 8.38. The van der Waals surface area contributed by atoms with Crippen molar-refractivity contribution in [2.45, 2.75) is 51.7 Å². The molecule has 2 unspecified atom stereocenters. The van der Waals surface area contributed by atoms with Crippen molar-refractivity contribution in [3.05, 3.63) is 29.8 Å². The summed E-state index contributed by atoms with van der Waals surface area (Å²) < 4.78 is 11.1. The van der Waals surface area contributed by atoms with Gasteiger partial charge < -0.3 is 19.7 Å². The van der Waals surface area contributed by atoms with Gasteiger partial charge in [-0.05, 0) is 50.8 Å². The molecule has 0 aliphatic carbocycles. The highest BCUT2D eigenvalue weighted by Gasteiger charge is 2.18. The Morgan fingerprint density at radius 1 is 1.31 bits per heavy atom. The van der Waals surface area contributed by atoms with Crippen LogP contribution in [-0.2, 0) is 14.3 Å². The van der Waals surface area contributed by atoms with Crippen molar-refractivity contribution in [3.8, 4) is 0 Å². The fraction of sp³-hybridized carbons (Fsp3) is 0.696. The molecule has 2 atom stereocenters. The van der Waals surface area contributed by atoms with Crippen LogP contribution in [0.2, 0.25) is 0 Å². The summed E-state index contributed by atoms with van der Waals surface area (Å²) in [6.07, 6.45) is 3.82. The van der Waals surface area contributed by atoms with Crippen LogP contribution in [0.1, 0.15) is 38.2 Å². The highest BCUT2D eigenvalue weighted by Crippen LogP contribution is 2.18. The van der Waals surface area contributed by atoms with Gasteiger partial charge >= 0.3 is 0 Å². The second-order valence-electron chi connectivity index (χ2n) is 8.38. The maximum Gasteiger partial charge on any atom is 0.222 e. The molecule has 2 aliphatic heterocycles. The first-order valence-electron chi connectivity index (χ1n) is 11.1. The Hall–Kier alpha value is -1.63. The summed E-state index contributed by atoms with van der Waals surface area (Å²) in [7, 11) is 0. The number of aryl methyl sites for hydroxylation is 1. The summed E-state index contributed by atoms with van der Waals surface area (Å²) >= 11 is 0. The summed E-state index contributed by atoms with van der Waals surface area (Å²) in [5.41, 5.74) is 2.64. The fourth-order valence-corrected chi connectivity index (χ4v) is 4.01. The number of carbonyl (C=O) groups excluding carboxylic acids is 1. The van der Waals surface area contributed by atoms with Crippen molar-refractivity contribution in [2.24, 2.45) is 0 Å². The van der Waals surface area contributed by atoms with Gasteiger partial charge in [0.05, 0.1) is 19.3 Å². The van der Waals surface area contributed by atoms with Crippen LogP contribution in [0.15, 0.2) is 24.3 Å². The van der Waals surface area contributed by atoms with Gasteiger partial charge in [0, 0.05) is 57.5 Å². The summed E-state index contributed by atoms with van der Waals surface area (Å²) in [5.74, 6) is 0.0779. The number of hydrogen-bond donors (Lipinski definition) is 1. The van der Waals surface area contributed by atoms with E-state index in [2.05, 4.69) is 53.2 Å². The summed E-state index contributed by atoms with van der Waals surface area (Å²) in [5, 5.41) is 3.10. The zero-order valence-corrected chi connectivity index (χ0v) is 18.1. The maximum atomic E-state index is 12.1. The molecular formula is C23H37N3O3. The van der Waals surface area contributed by atoms with Gasteiger partial charge in [-0.2, -0.15) is 0 Å². The van der Waals surface area contributed by atoms with Crippen molar-refractivity contribution >= 4 is 11.6 Å². The molecule has 29 heavy (non-hydrogen) atoms. The number of nitrogens with one attached hydrogen (secondary N) is 1. The number of ether oxygens (including phenoxy) is 2. The molecule has 1 amide bonds. The van der Waals surface area contributed by atoms with Crippen molar-refractivity contribution in [1.29, 1.82) is 0 Å². The minimum absolute atomic E-state index is 0.0779. The fourth-order valence-electron chi connectivity index (χ4n) is 4.01. The third kappa shape index (κ3) is 7.61. The van der Waals surface area contributed by atoms with Crippen molar-refractivity contribution in [2.75, 3.05) is 57.4 Å². The van der Waals surface area contributed by atoms with Crippen LogP contribution in [-0.4, -0.2) is 75.5 Å². The van der Waals surface area contributed by atoms with Gasteiger partial charge in [-0.25, -0.2) is 0 Å². The molecule has 0 bridgehead atoms. The minimum atomic E-state index is 0.0779. The van der Waals surface area contributed by atoms with Crippen LogP contribution >= 0.6 is 0 Å².